The summed E-state index contributed by atoms with van der Waals surface area (Å²) in [6.07, 6.45) is 0. The van der Waals surface area contributed by atoms with Crippen LogP contribution in [0.15, 0.2) is 60.3 Å². The first-order valence-electron chi connectivity index (χ1n) is 10.5. The van der Waals surface area contributed by atoms with Crippen LogP contribution in [0.2, 0.25) is 5.02 Å². The molecule has 0 bridgehead atoms. The van der Waals surface area contributed by atoms with Gasteiger partial charge in [-0.3, -0.25) is 9.59 Å². The minimum Gasteiger partial charge on any atom is -0.350 e. The summed E-state index contributed by atoms with van der Waals surface area (Å²) in [6.45, 7) is 9.82. The van der Waals surface area contributed by atoms with Crippen LogP contribution in [-0.2, 0) is 9.59 Å². The van der Waals surface area contributed by atoms with Gasteiger partial charge < -0.3 is 5.32 Å². The van der Waals surface area contributed by atoms with Gasteiger partial charge in [-0.05, 0) is 86.7 Å². The number of nitrogens with one attached hydrogen (secondary N) is 1. The monoisotopic (exact) mass is 444 g/mol. The standard InChI is InChI=1S/C27H25ClN2O2/c1-15-9-12-21(18(4)13-15)24-25(29-20-11-10-16(2)17(3)14-20)27(32)30(26(24)31)23-8-6-7-22(28)19(23)5/h6-14,29H,1-5H3. The van der Waals surface area contributed by atoms with E-state index in [1.165, 1.54) is 4.90 Å². The van der Waals surface area contributed by atoms with Gasteiger partial charge in [0.25, 0.3) is 11.8 Å². The molecule has 0 atom stereocenters. The number of carbonyl (C=O) groups is 2. The molecule has 4 nitrogen and oxygen atoms in total. The molecular weight excluding hydrogens is 420 g/mol. The lowest BCUT2D eigenvalue weighted by Crippen LogP contribution is -2.33. The van der Waals surface area contributed by atoms with E-state index in [9.17, 15) is 9.59 Å². The molecular formula is C27H25ClN2O2. The highest BCUT2D eigenvalue weighted by Crippen LogP contribution is 2.37. The summed E-state index contributed by atoms with van der Waals surface area (Å²) < 4.78 is 0. The van der Waals surface area contributed by atoms with Gasteiger partial charge in [0, 0.05) is 10.7 Å². The number of hydrogen-bond donors (Lipinski definition) is 1. The predicted octanol–water partition coefficient (Wildman–Crippen LogP) is 6.28. The van der Waals surface area contributed by atoms with Crippen LogP contribution in [0.3, 0.4) is 0 Å². The average Bonchev–Trinajstić information content (AvgIpc) is 2.97. The van der Waals surface area contributed by atoms with Gasteiger partial charge in [-0.2, -0.15) is 0 Å². The number of carbonyl (C=O) groups excluding carboxylic acids is 2. The first-order valence-corrected chi connectivity index (χ1v) is 10.9. The summed E-state index contributed by atoms with van der Waals surface area (Å²) in [6, 6.07) is 17.0. The van der Waals surface area contributed by atoms with Gasteiger partial charge in [0.05, 0.1) is 11.3 Å². The Balaban J connectivity index is 1.89. The van der Waals surface area contributed by atoms with Crippen LogP contribution in [0.1, 0.15) is 33.4 Å². The fourth-order valence-electron chi connectivity index (χ4n) is 4.01. The molecule has 1 aliphatic rings. The largest absolute Gasteiger partial charge is 0.350 e. The SMILES string of the molecule is Cc1ccc(C2=C(Nc3ccc(C)c(C)c3)C(=O)N(c3cccc(Cl)c3C)C2=O)c(C)c1. The van der Waals surface area contributed by atoms with Gasteiger partial charge in [0.1, 0.15) is 5.70 Å². The van der Waals surface area contributed by atoms with Crippen molar-refractivity contribution in [2.75, 3.05) is 10.2 Å². The molecule has 2 amide bonds. The van der Waals surface area contributed by atoms with Crippen LogP contribution >= 0.6 is 11.6 Å². The molecule has 0 aromatic heterocycles. The van der Waals surface area contributed by atoms with Crippen molar-refractivity contribution in [3.8, 4) is 0 Å². The molecule has 0 saturated carbocycles. The first-order chi connectivity index (χ1) is 15.2. The van der Waals surface area contributed by atoms with E-state index in [0.29, 0.717) is 21.8 Å². The second-order valence-electron chi connectivity index (χ2n) is 8.32. The number of halogens is 1. The van der Waals surface area contributed by atoms with Gasteiger partial charge >= 0.3 is 0 Å². The summed E-state index contributed by atoms with van der Waals surface area (Å²) in [5.41, 5.74) is 7.59. The molecule has 0 fully saturated rings. The van der Waals surface area contributed by atoms with Crippen molar-refractivity contribution in [1.82, 2.24) is 0 Å². The van der Waals surface area contributed by atoms with Crippen LogP contribution < -0.4 is 10.2 Å². The van der Waals surface area contributed by atoms with E-state index in [1.807, 2.05) is 71.0 Å². The number of anilines is 2. The van der Waals surface area contributed by atoms with Crippen LogP contribution in [0, 0.1) is 34.6 Å². The highest BCUT2D eigenvalue weighted by Gasteiger charge is 2.41. The van der Waals surface area contributed by atoms with Gasteiger partial charge in [0.2, 0.25) is 0 Å². The maximum absolute atomic E-state index is 13.7. The summed E-state index contributed by atoms with van der Waals surface area (Å²) in [5.74, 6) is -0.757. The lowest BCUT2D eigenvalue weighted by atomic mass is 9.97. The van der Waals surface area contributed by atoms with E-state index in [-0.39, 0.29) is 11.6 Å². The van der Waals surface area contributed by atoms with E-state index in [1.54, 1.807) is 18.2 Å². The van der Waals surface area contributed by atoms with Crippen molar-refractivity contribution < 1.29 is 9.59 Å². The van der Waals surface area contributed by atoms with Crippen LogP contribution in [-0.4, -0.2) is 11.8 Å². The third-order valence-electron chi connectivity index (χ3n) is 5.99. The van der Waals surface area contributed by atoms with Gasteiger partial charge in [-0.1, -0.05) is 47.5 Å². The fraction of sp³-hybridized carbons (Fsp3) is 0.185. The zero-order chi connectivity index (χ0) is 23.2. The van der Waals surface area contributed by atoms with Gasteiger partial charge in [-0.25, -0.2) is 4.90 Å². The van der Waals surface area contributed by atoms with Gasteiger partial charge in [-0.15, -0.1) is 0 Å². The number of hydrogen-bond acceptors (Lipinski definition) is 3. The van der Waals surface area contributed by atoms with E-state index < -0.39 is 5.91 Å². The van der Waals surface area contributed by atoms with E-state index in [4.69, 9.17) is 11.6 Å². The van der Waals surface area contributed by atoms with Crippen LogP contribution in [0.4, 0.5) is 11.4 Å². The topological polar surface area (TPSA) is 49.4 Å². The van der Waals surface area contributed by atoms with Crippen molar-refractivity contribution in [1.29, 1.82) is 0 Å². The molecule has 1 aliphatic heterocycles. The fourth-order valence-corrected chi connectivity index (χ4v) is 4.18. The molecule has 3 aromatic rings. The Hall–Kier alpha value is -3.37. The van der Waals surface area contributed by atoms with Gasteiger partial charge in [0.15, 0.2) is 0 Å². The molecule has 0 spiro atoms. The first kappa shape index (κ1) is 21.8. The molecule has 162 valence electrons. The van der Waals surface area contributed by atoms with E-state index in [2.05, 4.69) is 5.32 Å². The Morgan fingerprint density at radius 1 is 0.781 bits per heavy atom. The Morgan fingerprint density at radius 3 is 2.22 bits per heavy atom. The Morgan fingerprint density at radius 2 is 1.53 bits per heavy atom. The molecule has 1 heterocycles. The lowest BCUT2D eigenvalue weighted by Gasteiger charge is -2.18. The van der Waals surface area contributed by atoms with E-state index >= 15 is 0 Å². The number of imide groups is 1. The number of benzene rings is 3. The highest BCUT2D eigenvalue weighted by molar-refractivity contribution is 6.46. The summed E-state index contributed by atoms with van der Waals surface area (Å²) in [4.78, 5) is 28.6. The van der Waals surface area contributed by atoms with Crippen molar-refractivity contribution >= 4 is 40.4 Å². The van der Waals surface area contributed by atoms with E-state index in [0.717, 1.165) is 33.5 Å². The third-order valence-corrected chi connectivity index (χ3v) is 6.40. The number of aryl methyl sites for hydroxylation is 4. The summed E-state index contributed by atoms with van der Waals surface area (Å²) in [7, 11) is 0. The molecule has 0 radical (unpaired) electrons. The van der Waals surface area contributed by atoms with Crippen LogP contribution in [0.25, 0.3) is 5.57 Å². The maximum atomic E-state index is 13.7. The maximum Gasteiger partial charge on any atom is 0.282 e. The lowest BCUT2D eigenvalue weighted by molar-refractivity contribution is -0.120. The quantitative estimate of drug-likeness (QED) is 0.482. The molecule has 0 aliphatic carbocycles. The average molecular weight is 445 g/mol. The molecule has 0 saturated heterocycles. The normalized spacial score (nSPS) is 13.9. The minimum atomic E-state index is -0.395. The van der Waals surface area contributed by atoms with Crippen molar-refractivity contribution in [2.24, 2.45) is 0 Å². The van der Waals surface area contributed by atoms with Crippen LogP contribution in [0.5, 0.6) is 0 Å². The Labute approximate surface area is 193 Å². The zero-order valence-electron chi connectivity index (χ0n) is 18.8. The minimum absolute atomic E-state index is 0.268. The van der Waals surface area contributed by atoms with Crippen molar-refractivity contribution in [2.45, 2.75) is 34.6 Å². The number of nitrogens with zero attached hydrogens (tertiary/aromatic N) is 1. The number of rotatable bonds is 4. The second kappa shape index (κ2) is 8.29. The molecule has 1 N–H and O–H groups in total. The zero-order valence-corrected chi connectivity index (χ0v) is 19.6. The smallest absolute Gasteiger partial charge is 0.282 e. The molecule has 3 aromatic carbocycles. The molecule has 5 heteroatoms. The molecule has 32 heavy (non-hydrogen) atoms. The third kappa shape index (κ3) is 3.71. The Kier molecular flexibility index (Phi) is 5.66. The molecule has 4 rings (SSSR count). The summed E-state index contributed by atoms with van der Waals surface area (Å²) in [5, 5.41) is 3.75. The number of amides is 2. The highest BCUT2D eigenvalue weighted by atomic mass is 35.5. The predicted molar refractivity (Wildman–Crippen MR) is 131 cm³/mol. The second-order valence-corrected chi connectivity index (χ2v) is 8.73. The van der Waals surface area contributed by atoms with Crippen molar-refractivity contribution in [3.63, 3.8) is 0 Å². The summed E-state index contributed by atoms with van der Waals surface area (Å²) >= 11 is 6.30. The Bertz CT molecular complexity index is 1310. The van der Waals surface area contributed by atoms with Crippen molar-refractivity contribution in [3.05, 3.63) is 98.7 Å². The molecule has 0 unspecified atom stereocenters.